The van der Waals surface area contributed by atoms with Crippen molar-refractivity contribution in [1.29, 1.82) is 0 Å². The van der Waals surface area contributed by atoms with Crippen molar-refractivity contribution in [3.63, 3.8) is 0 Å². The third kappa shape index (κ3) is 2.27. The van der Waals surface area contributed by atoms with Crippen molar-refractivity contribution < 1.29 is 0 Å². The van der Waals surface area contributed by atoms with Crippen LogP contribution in [0.4, 0.5) is 0 Å². The van der Waals surface area contributed by atoms with Gasteiger partial charge in [-0.15, -0.1) is 22.0 Å². The molecule has 1 heterocycles. The molecule has 0 saturated heterocycles. The predicted octanol–water partition coefficient (Wildman–Crippen LogP) is 2.10. The first-order chi connectivity index (χ1) is 8.90. The van der Waals surface area contributed by atoms with Gasteiger partial charge >= 0.3 is 0 Å². The fourth-order valence-corrected chi connectivity index (χ4v) is 2.65. The molecule has 0 bridgehead atoms. The predicted molar refractivity (Wildman–Crippen MR) is 70.7 cm³/mol. The van der Waals surface area contributed by atoms with Crippen molar-refractivity contribution in [2.75, 3.05) is 6.26 Å². The van der Waals surface area contributed by atoms with Crippen molar-refractivity contribution in [2.45, 2.75) is 4.90 Å². The highest BCUT2D eigenvalue weighted by atomic mass is 32.2. The first-order valence-electron chi connectivity index (χ1n) is 5.61. The minimum Gasteiger partial charge on any atom is -0.133 e. The van der Waals surface area contributed by atoms with Crippen LogP contribution in [-0.2, 0) is 0 Å². The summed E-state index contributed by atoms with van der Waals surface area (Å²) in [5.41, 5.74) is 1.80. The van der Waals surface area contributed by atoms with Crippen molar-refractivity contribution in [1.82, 2.24) is 15.4 Å². The molecular weight excluding hydrogens is 242 g/mol. The molecule has 0 N–H and O–H groups in total. The van der Waals surface area contributed by atoms with Crippen LogP contribution in [0.2, 0.25) is 0 Å². The van der Waals surface area contributed by atoms with Gasteiger partial charge in [0.2, 0.25) is 0 Å². The van der Waals surface area contributed by atoms with E-state index < -0.39 is 0 Å². The van der Waals surface area contributed by atoms with Crippen LogP contribution in [0.1, 0.15) is 11.4 Å². The van der Waals surface area contributed by atoms with Crippen LogP contribution in [0.15, 0.2) is 4.90 Å². The number of hydrogen-bond donors (Lipinski definition) is 0. The summed E-state index contributed by atoms with van der Waals surface area (Å²) in [5.74, 6) is 2.17. The Bertz CT molecular complexity index is 375. The highest BCUT2D eigenvalue weighted by Gasteiger charge is 2.29. The molecule has 3 nitrogen and oxygen atoms in total. The lowest BCUT2D eigenvalue weighted by Gasteiger charge is -2.16. The van der Waals surface area contributed by atoms with Crippen LogP contribution in [0, 0.1) is 63.2 Å². The SMILES string of the molecule is CSc1c([C]2[CH][CH][CH][CH]2)nnnc1[C]1[CH][CH][CH][CH]1. The molecule has 88 valence electrons. The molecule has 2 fully saturated rings. The van der Waals surface area contributed by atoms with E-state index in [1.165, 1.54) is 0 Å². The second-order valence-corrected chi connectivity index (χ2v) is 4.68. The van der Waals surface area contributed by atoms with E-state index in [1.807, 2.05) is 57.6 Å². The van der Waals surface area contributed by atoms with E-state index in [9.17, 15) is 0 Å². The van der Waals surface area contributed by atoms with Crippen LogP contribution in [0.3, 0.4) is 0 Å². The second kappa shape index (κ2) is 5.55. The van der Waals surface area contributed by atoms with Crippen molar-refractivity contribution in [3.8, 4) is 0 Å². The summed E-state index contributed by atoms with van der Waals surface area (Å²) in [7, 11) is 0. The van der Waals surface area contributed by atoms with Crippen LogP contribution >= 0.6 is 11.8 Å². The molecule has 10 radical (unpaired) electrons. The molecule has 0 unspecified atom stereocenters. The molecule has 0 aliphatic heterocycles. The Morgan fingerprint density at radius 2 is 1.22 bits per heavy atom. The Kier molecular flexibility index (Phi) is 3.83. The molecule has 18 heavy (non-hydrogen) atoms. The number of hydrogen-bond acceptors (Lipinski definition) is 4. The second-order valence-electron chi connectivity index (χ2n) is 3.87. The summed E-state index contributed by atoms with van der Waals surface area (Å²) in [6, 6.07) is 0. The third-order valence-electron chi connectivity index (χ3n) is 2.80. The molecule has 4 heteroatoms. The van der Waals surface area contributed by atoms with Crippen LogP contribution < -0.4 is 0 Å². The molecule has 2 aliphatic rings. The first-order valence-corrected chi connectivity index (χ1v) is 6.84. The zero-order valence-corrected chi connectivity index (χ0v) is 10.7. The fraction of sp³-hybridized carbons (Fsp3) is 0.0714. The van der Waals surface area contributed by atoms with Gasteiger partial charge in [0.15, 0.2) is 0 Å². The van der Waals surface area contributed by atoms with E-state index in [1.54, 1.807) is 11.8 Å². The van der Waals surface area contributed by atoms with Gasteiger partial charge in [0, 0.05) is 11.8 Å². The van der Waals surface area contributed by atoms with Gasteiger partial charge < -0.3 is 0 Å². The standard InChI is InChI=1S/C14H11N3S/c1-18-14-12(10-6-2-3-7-10)15-17-16-13(14)11-8-4-5-9-11/h2-9H,1H3. The Morgan fingerprint density at radius 1 is 0.778 bits per heavy atom. The lowest BCUT2D eigenvalue weighted by atomic mass is 9.98. The smallest absolute Gasteiger partial charge is 0.0880 e. The van der Waals surface area contributed by atoms with Crippen molar-refractivity contribution >= 4 is 11.8 Å². The Hall–Kier alpha value is -0.640. The van der Waals surface area contributed by atoms with E-state index >= 15 is 0 Å². The minimum atomic E-state index is 0.902. The normalized spacial score (nSPS) is 21.8. The van der Waals surface area contributed by atoms with Gasteiger partial charge in [-0.1, -0.05) is 0 Å². The van der Waals surface area contributed by atoms with Gasteiger partial charge in [0.25, 0.3) is 0 Å². The Labute approximate surface area is 113 Å². The molecule has 2 saturated carbocycles. The highest BCUT2D eigenvalue weighted by Crippen LogP contribution is 2.39. The summed E-state index contributed by atoms with van der Waals surface area (Å²) >= 11 is 1.65. The van der Waals surface area contributed by atoms with Gasteiger partial charge in [0.1, 0.15) is 0 Å². The number of aromatic nitrogens is 3. The summed E-state index contributed by atoms with van der Waals surface area (Å²) < 4.78 is 0. The zero-order valence-electron chi connectivity index (χ0n) is 9.87. The van der Waals surface area contributed by atoms with E-state index in [-0.39, 0.29) is 0 Å². The van der Waals surface area contributed by atoms with Gasteiger partial charge in [-0.25, -0.2) is 0 Å². The molecule has 0 atom stereocenters. The highest BCUT2D eigenvalue weighted by molar-refractivity contribution is 7.98. The van der Waals surface area contributed by atoms with Crippen molar-refractivity contribution in [3.05, 3.63) is 74.6 Å². The van der Waals surface area contributed by atoms with Crippen LogP contribution in [0.25, 0.3) is 0 Å². The average Bonchev–Trinajstić information content (AvgIpc) is 3.10. The molecule has 0 amide bonds. The molecule has 0 aromatic carbocycles. The third-order valence-corrected chi connectivity index (χ3v) is 3.59. The van der Waals surface area contributed by atoms with Gasteiger partial charge in [-0.05, 0) is 62.8 Å². The quantitative estimate of drug-likeness (QED) is 0.773. The lowest BCUT2D eigenvalue weighted by molar-refractivity contribution is 0.771. The molecule has 1 aromatic heterocycles. The van der Waals surface area contributed by atoms with Crippen molar-refractivity contribution in [2.24, 2.45) is 0 Å². The van der Waals surface area contributed by atoms with E-state index in [2.05, 4.69) is 15.4 Å². The molecule has 2 aliphatic carbocycles. The van der Waals surface area contributed by atoms with E-state index in [0.29, 0.717) is 0 Å². The topological polar surface area (TPSA) is 38.7 Å². The van der Waals surface area contributed by atoms with Crippen LogP contribution in [-0.4, -0.2) is 21.7 Å². The summed E-state index contributed by atoms with van der Waals surface area (Å²) in [5, 5.41) is 12.3. The Balaban J connectivity index is 1.95. The van der Waals surface area contributed by atoms with Gasteiger partial charge in [-0.3, -0.25) is 0 Å². The maximum Gasteiger partial charge on any atom is 0.0880 e. The summed E-state index contributed by atoms with van der Waals surface area (Å²) in [4.78, 5) is 1.07. The zero-order chi connectivity index (χ0) is 12.4. The maximum atomic E-state index is 4.18. The average molecular weight is 253 g/mol. The van der Waals surface area contributed by atoms with Gasteiger partial charge in [-0.2, -0.15) is 0 Å². The largest absolute Gasteiger partial charge is 0.133 e. The number of rotatable bonds is 3. The molecule has 0 spiro atoms. The summed E-state index contributed by atoms with van der Waals surface area (Å²) in [6.45, 7) is 0. The number of nitrogens with zero attached hydrogens (tertiary/aromatic N) is 3. The maximum absolute atomic E-state index is 4.18. The minimum absolute atomic E-state index is 0.902. The fourth-order valence-electron chi connectivity index (χ4n) is 1.95. The first kappa shape index (κ1) is 12.4. The summed E-state index contributed by atoms with van der Waals surface area (Å²) in [6.07, 6.45) is 18.2. The monoisotopic (exact) mass is 253 g/mol. The molecular formula is C14H11N3S. The van der Waals surface area contributed by atoms with E-state index in [4.69, 9.17) is 0 Å². The van der Waals surface area contributed by atoms with Crippen LogP contribution in [0.5, 0.6) is 0 Å². The number of thioether (sulfide) groups is 1. The molecule has 1 aromatic rings. The Morgan fingerprint density at radius 3 is 1.61 bits per heavy atom. The van der Waals surface area contributed by atoms with E-state index in [0.717, 1.165) is 28.1 Å². The molecule has 3 rings (SSSR count). The lowest BCUT2D eigenvalue weighted by Crippen LogP contribution is -2.11. The van der Waals surface area contributed by atoms with Gasteiger partial charge in [0.05, 0.1) is 16.3 Å².